The molecule has 4 rings (SSSR count). The minimum Gasteiger partial charge on any atom is -0.478 e. The highest BCUT2D eigenvalue weighted by Crippen LogP contribution is 2.28. The van der Waals surface area contributed by atoms with Crippen LogP contribution in [0.3, 0.4) is 0 Å². The molecule has 196 valence electrons. The number of ether oxygens (including phenoxy) is 1. The van der Waals surface area contributed by atoms with Gasteiger partial charge in [0, 0.05) is 18.8 Å². The first-order chi connectivity index (χ1) is 16.9. The van der Waals surface area contributed by atoms with Gasteiger partial charge in [-0.25, -0.2) is 18.0 Å². The van der Waals surface area contributed by atoms with Gasteiger partial charge in [0.25, 0.3) is 10.0 Å². The molecule has 0 saturated carbocycles. The summed E-state index contributed by atoms with van der Waals surface area (Å²) in [5.74, 6) is -3.85. The third-order valence-electron chi connectivity index (χ3n) is 5.70. The van der Waals surface area contributed by atoms with Crippen molar-refractivity contribution in [3.63, 3.8) is 0 Å². The van der Waals surface area contributed by atoms with Crippen molar-refractivity contribution in [1.29, 1.82) is 0 Å². The third kappa shape index (κ3) is 6.88. The van der Waals surface area contributed by atoms with Crippen LogP contribution in [0.2, 0.25) is 0 Å². The molecule has 1 fully saturated rings. The predicted octanol–water partition coefficient (Wildman–Crippen LogP) is 3.53. The van der Waals surface area contributed by atoms with E-state index >= 15 is 0 Å². The normalized spacial score (nSPS) is 15.8. The van der Waals surface area contributed by atoms with Gasteiger partial charge in [0.2, 0.25) is 0 Å². The number of hydrogen-bond donors (Lipinski definition) is 3. The van der Waals surface area contributed by atoms with Crippen LogP contribution in [0.5, 0.6) is 0 Å². The maximum atomic E-state index is 12.9. The van der Waals surface area contributed by atoms with Gasteiger partial charge in [-0.15, -0.1) is 0 Å². The highest BCUT2D eigenvalue weighted by atomic mass is 32.2. The number of carboxylic acids is 2. The average Bonchev–Trinajstić information content (AvgIpc) is 2.83. The van der Waals surface area contributed by atoms with E-state index in [1.807, 2.05) is 11.0 Å². The Kier molecular flexibility index (Phi) is 8.46. The van der Waals surface area contributed by atoms with Crippen LogP contribution < -0.4 is 9.62 Å². The number of fused-ring (bicyclic) bond motifs is 1. The fourth-order valence-corrected chi connectivity index (χ4v) is 5.04. The molecule has 2 aliphatic rings. The minimum atomic E-state index is -5.08. The number of nitrogens with zero attached hydrogens (tertiary/aromatic N) is 1. The quantitative estimate of drug-likeness (QED) is 0.535. The molecule has 1 saturated heterocycles. The van der Waals surface area contributed by atoms with Gasteiger partial charge >= 0.3 is 18.1 Å². The van der Waals surface area contributed by atoms with Gasteiger partial charge in [-0.2, -0.15) is 13.2 Å². The first-order valence-electron chi connectivity index (χ1n) is 11.0. The van der Waals surface area contributed by atoms with Crippen molar-refractivity contribution >= 4 is 33.3 Å². The standard InChI is InChI=1S/C21H24N2O5S.C2HF3O2/c24-21(25)19-14-17(6-8-20(19)23-9-11-28-12-10-23)22-29(26,27)18-7-5-15-3-1-2-4-16(15)13-18;3-2(4,5)1(6)7/h5-8,13-14,22H,1-4,9-12H2,(H,24,25);(H,6,7). The second-order valence-corrected chi connectivity index (χ2v) is 9.86. The smallest absolute Gasteiger partial charge is 0.478 e. The summed E-state index contributed by atoms with van der Waals surface area (Å²) in [6, 6.07) is 9.87. The molecule has 13 heteroatoms. The molecule has 0 atom stereocenters. The summed E-state index contributed by atoms with van der Waals surface area (Å²) in [7, 11) is -3.80. The fourth-order valence-electron chi connectivity index (χ4n) is 3.94. The van der Waals surface area contributed by atoms with E-state index in [1.165, 1.54) is 11.6 Å². The van der Waals surface area contributed by atoms with Crippen LogP contribution in [0.25, 0.3) is 0 Å². The SMILES string of the molecule is O=C(O)C(F)(F)F.O=C(O)c1cc(NS(=O)(=O)c2ccc3c(c2)CCCC3)ccc1N1CCOCC1. The van der Waals surface area contributed by atoms with Crippen molar-refractivity contribution in [2.24, 2.45) is 0 Å². The molecule has 2 aromatic carbocycles. The molecule has 0 spiro atoms. The Labute approximate surface area is 205 Å². The van der Waals surface area contributed by atoms with E-state index in [4.69, 9.17) is 14.6 Å². The fraction of sp³-hybridized carbons (Fsp3) is 0.391. The van der Waals surface area contributed by atoms with Crippen molar-refractivity contribution in [1.82, 2.24) is 0 Å². The summed E-state index contributed by atoms with van der Waals surface area (Å²) >= 11 is 0. The summed E-state index contributed by atoms with van der Waals surface area (Å²) in [6.07, 6.45) is -1.02. The van der Waals surface area contributed by atoms with Crippen molar-refractivity contribution in [2.45, 2.75) is 36.8 Å². The van der Waals surface area contributed by atoms with E-state index in [9.17, 15) is 31.5 Å². The number of carboxylic acid groups (broad SMARTS) is 2. The van der Waals surface area contributed by atoms with E-state index in [2.05, 4.69) is 4.72 Å². The summed E-state index contributed by atoms with van der Waals surface area (Å²) in [5, 5.41) is 16.8. The van der Waals surface area contributed by atoms with E-state index < -0.39 is 28.1 Å². The van der Waals surface area contributed by atoms with Gasteiger partial charge in [-0.3, -0.25) is 4.72 Å². The van der Waals surface area contributed by atoms with Crippen LogP contribution in [0.4, 0.5) is 24.5 Å². The van der Waals surface area contributed by atoms with Crippen LogP contribution in [0.1, 0.15) is 34.3 Å². The lowest BCUT2D eigenvalue weighted by atomic mass is 9.92. The average molecular weight is 531 g/mol. The second-order valence-electron chi connectivity index (χ2n) is 8.18. The molecule has 1 aliphatic carbocycles. The second kappa shape index (κ2) is 11.2. The maximum absolute atomic E-state index is 12.9. The first-order valence-corrected chi connectivity index (χ1v) is 12.5. The van der Waals surface area contributed by atoms with Gasteiger partial charge in [0.15, 0.2) is 0 Å². The number of hydrogen-bond acceptors (Lipinski definition) is 6. The summed E-state index contributed by atoms with van der Waals surface area (Å²) in [5.41, 5.74) is 3.15. The topological polar surface area (TPSA) is 133 Å². The molecule has 9 nitrogen and oxygen atoms in total. The molecule has 1 aliphatic heterocycles. The van der Waals surface area contributed by atoms with Crippen molar-refractivity contribution in [3.8, 4) is 0 Å². The number of carbonyl (C=O) groups is 2. The number of anilines is 2. The highest BCUT2D eigenvalue weighted by Gasteiger charge is 2.38. The minimum absolute atomic E-state index is 0.0672. The van der Waals surface area contributed by atoms with E-state index in [-0.39, 0.29) is 16.1 Å². The van der Waals surface area contributed by atoms with Gasteiger partial charge in [0.1, 0.15) is 0 Å². The van der Waals surface area contributed by atoms with Crippen LogP contribution >= 0.6 is 0 Å². The monoisotopic (exact) mass is 530 g/mol. The van der Waals surface area contributed by atoms with Crippen LogP contribution in [0.15, 0.2) is 41.3 Å². The molecule has 0 unspecified atom stereocenters. The van der Waals surface area contributed by atoms with Crippen LogP contribution in [-0.4, -0.2) is 63.0 Å². The zero-order chi connectivity index (χ0) is 26.5. The third-order valence-corrected chi connectivity index (χ3v) is 7.08. The Bertz CT molecular complexity index is 1230. The predicted molar refractivity (Wildman–Crippen MR) is 124 cm³/mol. The Morgan fingerprint density at radius 1 is 0.944 bits per heavy atom. The molecular weight excluding hydrogens is 505 g/mol. The number of alkyl halides is 3. The molecule has 0 bridgehead atoms. The molecule has 0 radical (unpaired) electrons. The maximum Gasteiger partial charge on any atom is 0.490 e. The summed E-state index contributed by atoms with van der Waals surface area (Å²) in [6.45, 7) is 2.26. The molecule has 2 aromatic rings. The summed E-state index contributed by atoms with van der Waals surface area (Å²) < 4.78 is 65.3. The number of morpholine rings is 1. The van der Waals surface area contributed by atoms with Gasteiger partial charge in [-0.05, 0) is 67.1 Å². The molecule has 36 heavy (non-hydrogen) atoms. The van der Waals surface area contributed by atoms with Crippen LogP contribution in [-0.2, 0) is 32.4 Å². The summed E-state index contributed by atoms with van der Waals surface area (Å²) in [4.78, 5) is 22.8. The van der Waals surface area contributed by atoms with Gasteiger partial charge in [-0.1, -0.05) is 6.07 Å². The van der Waals surface area contributed by atoms with Gasteiger partial charge < -0.3 is 19.8 Å². The molecular formula is C23H25F3N2O7S. The number of halogens is 3. The van der Waals surface area contributed by atoms with E-state index in [1.54, 1.807) is 24.3 Å². The number of aliphatic carboxylic acids is 1. The van der Waals surface area contributed by atoms with E-state index in [0.29, 0.717) is 32.0 Å². The number of sulfonamides is 1. The first kappa shape index (κ1) is 27.3. The Morgan fingerprint density at radius 3 is 2.14 bits per heavy atom. The Morgan fingerprint density at radius 2 is 1.56 bits per heavy atom. The lowest BCUT2D eigenvalue weighted by molar-refractivity contribution is -0.192. The van der Waals surface area contributed by atoms with Crippen LogP contribution in [0, 0.1) is 0 Å². The van der Waals surface area contributed by atoms with Crippen molar-refractivity contribution < 1.29 is 46.1 Å². The number of aryl methyl sites for hydroxylation is 2. The van der Waals surface area contributed by atoms with E-state index in [0.717, 1.165) is 31.2 Å². The molecule has 3 N–H and O–H groups in total. The van der Waals surface area contributed by atoms with Gasteiger partial charge in [0.05, 0.1) is 29.4 Å². The lowest BCUT2D eigenvalue weighted by Crippen LogP contribution is -2.37. The zero-order valence-electron chi connectivity index (χ0n) is 19.0. The molecule has 1 heterocycles. The Hall–Kier alpha value is -3.32. The molecule has 0 aromatic heterocycles. The molecule has 0 amide bonds. The van der Waals surface area contributed by atoms with Crippen molar-refractivity contribution in [3.05, 3.63) is 53.1 Å². The lowest BCUT2D eigenvalue weighted by Gasteiger charge is -2.30. The largest absolute Gasteiger partial charge is 0.490 e. The number of benzene rings is 2. The number of aromatic carboxylic acids is 1. The number of nitrogens with one attached hydrogen (secondary N) is 1. The van der Waals surface area contributed by atoms with Crippen molar-refractivity contribution in [2.75, 3.05) is 35.9 Å². The Balaban J connectivity index is 0.000000454. The zero-order valence-corrected chi connectivity index (χ0v) is 19.9. The number of rotatable bonds is 5. The highest BCUT2D eigenvalue weighted by molar-refractivity contribution is 7.92.